The van der Waals surface area contributed by atoms with Crippen LogP contribution in [-0.4, -0.2) is 25.2 Å². The highest BCUT2D eigenvalue weighted by molar-refractivity contribution is 5.85. The monoisotopic (exact) mass is 254 g/mol. The summed E-state index contributed by atoms with van der Waals surface area (Å²) in [6.07, 6.45) is 1.19. The van der Waals surface area contributed by atoms with Crippen LogP contribution >= 0.6 is 0 Å². The summed E-state index contributed by atoms with van der Waals surface area (Å²) >= 11 is 0. The maximum absolute atomic E-state index is 3.58. The first-order valence-corrected chi connectivity index (χ1v) is 7.26. The molecule has 0 aromatic heterocycles. The number of rotatable bonds is 2. The summed E-state index contributed by atoms with van der Waals surface area (Å²) in [5, 5.41) is 6.23. The fourth-order valence-corrected chi connectivity index (χ4v) is 2.99. The molecule has 100 valence electrons. The van der Waals surface area contributed by atoms with Gasteiger partial charge < -0.3 is 10.2 Å². The highest BCUT2D eigenvalue weighted by Crippen LogP contribution is 2.25. The molecule has 1 heterocycles. The highest BCUT2D eigenvalue weighted by atomic mass is 15.2. The number of benzene rings is 2. The fourth-order valence-electron chi connectivity index (χ4n) is 2.99. The van der Waals surface area contributed by atoms with Gasteiger partial charge in [0, 0.05) is 30.9 Å². The van der Waals surface area contributed by atoms with E-state index >= 15 is 0 Å². The van der Waals surface area contributed by atoms with Gasteiger partial charge in [-0.05, 0) is 36.2 Å². The Morgan fingerprint density at radius 1 is 1.16 bits per heavy atom. The van der Waals surface area contributed by atoms with Crippen LogP contribution < -0.4 is 10.2 Å². The predicted molar refractivity (Wildman–Crippen MR) is 82.8 cm³/mol. The van der Waals surface area contributed by atoms with Gasteiger partial charge in [-0.15, -0.1) is 0 Å². The molecular weight excluding hydrogens is 232 g/mol. The van der Waals surface area contributed by atoms with E-state index < -0.39 is 0 Å². The molecule has 1 aliphatic rings. The van der Waals surface area contributed by atoms with E-state index in [9.17, 15) is 0 Å². The molecule has 1 N–H and O–H groups in total. The van der Waals surface area contributed by atoms with Crippen LogP contribution in [0.4, 0.5) is 5.69 Å². The maximum atomic E-state index is 3.58. The number of hydrogen-bond donors (Lipinski definition) is 1. The third-order valence-corrected chi connectivity index (χ3v) is 4.15. The molecule has 2 aromatic carbocycles. The molecule has 0 bridgehead atoms. The summed E-state index contributed by atoms with van der Waals surface area (Å²) in [5.74, 6) is 0. The maximum Gasteiger partial charge on any atom is 0.0412 e. The lowest BCUT2D eigenvalue weighted by Crippen LogP contribution is -2.55. The number of nitrogens with one attached hydrogen (secondary N) is 1. The lowest BCUT2D eigenvalue weighted by Gasteiger charge is -2.40. The van der Waals surface area contributed by atoms with E-state index in [1.807, 2.05) is 0 Å². The second-order valence-corrected chi connectivity index (χ2v) is 5.56. The Morgan fingerprint density at radius 2 is 1.95 bits per heavy atom. The van der Waals surface area contributed by atoms with Gasteiger partial charge in [0.25, 0.3) is 0 Å². The van der Waals surface area contributed by atoms with E-state index in [-0.39, 0.29) is 0 Å². The normalized spacial score (nSPS) is 23.8. The number of anilines is 1. The zero-order chi connectivity index (χ0) is 13.2. The second-order valence-electron chi connectivity index (χ2n) is 5.56. The van der Waals surface area contributed by atoms with Crippen molar-refractivity contribution in [3.05, 3.63) is 42.5 Å². The van der Waals surface area contributed by atoms with Crippen LogP contribution in [0.2, 0.25) is 0 Å². The lowest BCUT2D eigenvalue weighted by molar-refractivity contribution is 0.402. The largest absolute Gasteiger partial charge is 0.366 e. The van der Waals surface area contributed by atoms with Gasteiger partial charge in [-0.3, -0.25) is 0 Å². The molecule has 2 nitrogen and oxygen atoms in total. The Hall–Kier alpha value is -1.54. The van der Waals surface area contributed by atoms with Gasteiger partial charge in [-0.25, -0.2) is 0 Å². The van der Waals surface area contributed by atoms with Gasteiger partial charge in [-0.2, -0.15) is 0 Å². The molecule has 0 spiro atoms. The molecule has 0 radical (unpaired) electrons. The van der Waals surface area contributed by atoms with Crippen molar-refractivity contribution in [3.8, 4) is 0 Å². The summed E-state index contributed by atoms with van der Waals surface area (Å²) in [4.78, 5) is 2.56. The van der Waals surface area contributed by atoms with E-state index in [4.69, 9.17) is 0 Å². The predicted octanol–water partition coefficient (Wildman–Crippen LogP) is 3.42. The zero-order valence-corrected chi connectivity index (χ0v) is 11.8. The highest BCUT2D eigenvalue weighted by Gasteiger charge is 2.24. The molecule has 19 heavy (non-hydrogen) atoms. The standard InChI is InChI=1S/C17H22N2/c1-3-16-11-18-13(2)12-19(16)17-9-8-14-6-4-5-7-15(14)10-17/h4-10,13,16,18H,3,11-12H2,1-2H3. The van der Waals surface area contributed by atoms with E-state index in [1.165, 1.54) is 22.9 Å². The third kappa shape index (κ3) is 2.45. The number of hydrogen-bond acceptors (Lipinski definition) is 2. The third-order valence-electron chi connectivity index (χ3n) is 4.15. The molecule has 1 aliphatic heterocycles. The lowest BCUT2D eigenvalue weighted by atomic mass is 10.0. The van der Waals surface area contributed by atoms with E-state index in [0.29, 0.717) is 12.1 Å². The van der Waals surface area contributed by atoms with Gasteiger partial charge in [0.05, 0.1) is 0 Å². The quantitative estimate of drug-likeness (QED) is 0.883. The Balaban J connectivity index is 1.97. The molecule has 0 aliphatic carbocycles. The summed E-state index contributed by atoms with van der Waals surface area (Å²) in [5.41, 5.74) is 1.36. The summed E-state index contributed by atoms with van der Waals surface area (Å²) in [7, 11) is 0. The summed E-state index contributed by atoms with van der Waals surface area (Å²) in [6.45, 7) is 6.72. The van der Waals surface area contributed by atoms with E-state index in [2.05, 4.69) is 66.5 Å². The van der Waals surface area contributed by atoms with Crippen molar-refractivity contribution in [1.82, 2.24) is 5.32 Å². The minimum atomic E-state index is 0.564. The number of piperazine rings is 1. The van der Waals surface area contributed by atoms with Crippen LogP contribution in [0.3, 0.4) is 0 Å². The van der Waals surface area contributed by atoms with Crippen LogP contribution in [0.5, 0.6) is 0 Å². The van der Waals surface area contributed by atoms with Crippen LogP contribution in [0.1, 0.15) is 20.3 Å². The molecule has 0 saturated carbocycles. The molecule has 3 rings (SSSR count). The molecule has 2 aromatic rings. The minimum Gasteiger partial charge on any atom is -0.366 e. The topological polar surface area (TPSA) is 15.3 Å². The first-order valence-electron chi connectivity index (χ1n) is 7.26. The van der Waals surface area contributed by atoms with Crippen molar-refractivity contribution in [3.63, 3.8) is 0 Å². The molecule has 1 saturated heterocycles. The van der Waals surface area contributed by atoms with Crippen molar-refractivity contribution >= 4 is 16.5 Å². The second kappa shape index (κ2) is 5.22. The molecule has 2 heteroatoms. The summed E-state index contributed by atoms with van der Waals surface area (Å²) in [6, 6.07) is 16.6. The fraction of sp³-hybridized carbons (Fsp3) is 0.412. The average molecular weight is 254 g/mol. The Morgan fingerprint density at radius 3 is 2.74 bits per heavy atom. The van der Waals surface area contributed by atoms with Crippen LogP contribution in [0.25, 0.3) is 10.8 Å². The van der Waals surface area contributed by atoms with Gasteiger partial charge in [0.15, 0.2) is 0 Å². The van der Waals surface area contributed by atoms with Gasteiger partial charge in [0.1, 0.15) is 0 Å². The molecule has 0 amide bonds. The number of fused-ring (bicyclic) bond motifs is 1. The smallest absolute Gasteiger partial charge is 0.0412 e. The first-order chi connectivity index (χ1) is 9.28. The first kappa shape index (κ1) is 12.5. The van der Waals surface area contributed by atoms with Crippen LogP contribution in [-0.2, 0) is 0 Å². The SMILES string of the molecule is CCC1CNC(C)CN1c1ccc2ccccc2c1. The van der Waals surface area contributed by atoms with Crippen LogP contribution in [0.15, 0.2) is 42.5 Å². The Kier molecular flexibility index (Phi) is 3.43. The van der Waals surface area contributed by atoms with Crippen molar-refractivity contribution in [2.75, 3.05) is 18.0 Å². The molecular formula is C17H22N2. The van der Waals surface area contributed by atoms with E-state index in [1.54, 1.807) is 0 Å². The van der Waals surface area contributed by atoms with Crippen molar-refractivity contribution in [1.29, 1.82) is 0 Å². The molecule has 2 unspecified atom stereocenters. The Labute approximate surface area is 115 Å². The van der Waals surface area contributed by atoms with Crippen molar-refractivity contribution in [2.24, 2.45) is 0 Å². The van der Waals surface area contributed by atoms with E-state index in [0.717, 1.165) is 13.1 Å². The van der Waals surface area contributed by atoms with Crippen molar-refractivity contribution < 1.29 is 0 Å². The summed E-state index contributed by atoms with van der Waals surface area (Å²) < 4.78 is 0. The number of nitrogens with zero attached hydrogens (tertiary/aromatic N) is 1. The van der Waals surface area contributed by atoms with Gasteiger partial charge >= 0.3 is 0 Å². The zero-order valence-electron chi connectivity index (χ0n) is 11.8. The van der Waals surface area contributed by atoms with Gasteiger partial charge in [-0.1, -0.05) is 37.3 Å². The van der Waals surface area contributed by atoms with Gasteiger partial charge in [0.2, 0.25) is 0 Å². The van der Waals surface area contributed by atoms with Crippen LogP contribution in [0, 0.1) is 0 Å². The molecule has 2 atom stereocenters. The average Bonchev–Trinajstić information content (AvgIpc) is 2.46. The Bertz CT molecular complexity index is 564. The minimum absolute atomic E-state index is 0.564. The molecule has 1 fully saturated rings. The van der Waals surface area contributed by atoms with Crippen molar-refractivity contribution in [2.45, 2.75) is 32.4 Å².